The molecule has 0 saturated carbocycles. The van der Waals surface area contributed by atoms with Crippen molar-refractivity contribution in [1.29, 1.82) is 0 Å². The Balaban J connectivity index is 1.99. The summed E-state index contributed by atoms with van der Waals surface area (Å²) < 4.78 is 10.5. The average Bonchev–Trinajstić information content (AvgIpc) is 2.55. The number of piperidine rings is 1. The van der Waals surface area contributed by atoms with E-state index in [9.17, 15) is 4.79 Å². The minimum absolute atomic E-state index is 0.0266. The van der Waals surface area contributed by atoms with Crippen LogP contribution in [0.5, 0.6) is 11.5 Å². The molecule has 6 heteroatoms. The number of nitrogens with one attached hydrogen (secondary N) is 1. The molecule has 1 aliphatic rings. The SMILES string of the molecule is COc1cc(OC)c(NC(=O)C2CCN(CC(C)C)CC2)cc1Cl. The van der Waals surface area contributed by atoms with Gasteiger partial charge in [-0.3, -0.25) is 4.79 Å². The maximum Gasteiger partial charge on any atom is 0.227 e. The number of anilines is 1. The van der Waals surface area contributed by atoms with E-state index in [2.05, 4.69) is 24.1 Å². The minimum Gasteiger partial charge on any atom is -0.495 e. The molecule has 1 fully saturated rings. The zero-order valence-corrected chi connectivity index (χ0v) is 15.7. The van der Waals surface area contributed by atoms with Crippen LogP contribution in [0.3, 0.4) is 0 Å². The number of carbonyl (C=O) groups is 1. The molecular formula is C18H27ClN2O3. The molecule has 134 valence electrons. The third-order valence-corrected chi connectivity index (χ3v) is 4.61. The van der Waals surface area contributed by atoms with Gasteiger partial charge in [-0.1, -0.05) is 25.4 Å². The van der Waals surface area contributed by atoms with Crippen LogP contribution in [0, 0.1) is 11.8 Å². The Kier molecular flexibility index (Phi) is 6.75. The summed E-state index contributed by atoms with van der Waals surface area (Å²) in [5.74, 6) is 1.77. The zero-order valence-electron chi connectivity index (χ0n) is 14.9. The van der Waals surface area contributed by atoms with E-state index in [1.54, 1.807) is 26.4 Å². The van der Waals surface area contributed by atoms with Crippen LogP contribution in [0.2, 0.25) is 5.02 Å². The number of carbonyl (C=O) groups excluding carboxylic acids is 1. The number of halogens is 1. The average molecular weight is 355 g/mol. The lowest BCUT2D eigenvalue weighted by atomic mass is 9.95. The molecule has 0 radical (unpaired) electrons. The number of benzene rings is 1. The first-order valence-electron chi connectivity index (χ1n) is 8.39. The van der Waals surface area contributed by atoms with Crippen LogP contribution in [-0.2, 0) is 4.79 Å². The standard InChI is InChI=1S/C18H27ClN2O3/c1-12(2)11-21-7-5-13(6-8-21)18(22)20-15-9-14(19)16(23-3)10-17(15)24-4/h9-10,12-13H,5-8,11H2,1-4H3,(H,20,22). The Bertz CT molecular complexity index is 570. The summed E-state index contributed by atoms with van der Waals surface area (Å²) in [6.45, 7) is 7.47. The van der Waals surface area contributed by atoms with Gasteiger partial charge < -0.3 is 19.7 Å². The molecular weight excluding hydrogens is 328 g/mol. The Morgan fingerprint density at radius 2 is 1.88 bits per heavy atom. The highest BCUT2D eigenvalue weighted by Crippen LogP contribution is 2.36. The number of nitrogens with zero attached hydrogens (tertiary/aromatic N) is 1. The van der Waals surface area contributed by atoms with Crippen molar-refractivity contribution >= 4 is 23.2 Å². The maximum atomic E-state index is 12.6. The predicted octanol–water partition coefficient (Wildman–Crippen LogP) is 3.66. The first-order chi connectivity index (χ1) is 11.4. The second kappa shape index (κ2) is 8.58. The van der Waals surface area contributed by atoms with E-state index in [0.29, 0.717) is 28.1 Å². The largest absolute Gasteiger partial charge is 0.495 e. The summed E-state index contributed by atoms with van der Waals surface area (Å²) in [6, 6.07) is 3.36. The van der Waals surface area contributed by atoms with Gasteiger partial charge >= 0.3 is 0 Å². The molecule has 1 aromatic carbocycles. The van der Waals surface area contributed by atoms with E-state index in [-0.39, 0.29) is 11.8 Å². The van der Waals surface area contributed by atoms with Gasteiger partial charge in [0.15, 0.2) is 0 Å². The smallest absolute Gasteiger partial charge is 0.227 e. The highest BCUT2D eigenvalue weighted by Gasteiger charge is 2.26. The molecule has 1 N–H and O–H groups in total. The van der Waals surface area contributed by atoms with Gasteiger partial charge in [-0.2, -0.15) is 0 Å². The summed E-state index contributed by atoms with van der Waals surface area (Å²) >= 11 is 6.16. The van der Waals surface area contributed by atoms with Gasteiger partial charge in [0.1, 0.15) is 11.5 Å². The van der Waals surface area contributed by atoms with Crippen molar-refractivity contribution in [3.63, 3.8) is 0 Å². The summed E-state index contributed by atoms with van der Waals surface area (Å²) in [7, 11) is 3.10. The van der Waals surface area contributed by atoms with Crippen LogP contribution < -0.4 is 14.8 Å². The van der Waals surface area contributed by atoms with Gasteiger partial charge in [0, 0.05) is 18.5 Å². The fourth-order valence-corrected chi connectivity index (χ4v) is 3.33. The summed E-state index contributed by atoms with van der Waals surface area (Å²) in [6.07, 6.45) is 1.76. The molecule has 5 nitrogen and oxygen atoms in total. The topological polar surface area (TPSA) is 50.8 Å². The van der Waals surface area contributed by atoms with E-state index < -0.39 is 0 Å². The monoisotopic (exact) mass is 354 g/mol. The number of ether oxygens (including phenoxy) is 2. The van der Waals surface area contributed by atoms with Crippen LogP contribution in [-0.4, -0.2) is 44.7 Å². The van der Waals surface area contributed by atoms with E-state index in [4.69, 9.17) is 21.1 Å². The lowest BCUT2D eigenvalue weighted by molar-refractivity contribution is -0.121. The van der Waals surface area contributed by atoms with E-state index in [0.717, 1.165) is 32.5 Å². The summed E-state index contributed by atoms with van der Waals surface area (Å²) in [5, 5.41) is 3.40. The van der Waals surface area contributed by atoms with Crippen LogP contribution in [0.4, 0.5) is 5.69 Å². The van der Waals surface area contributed by atoms with Gasteiger partial charge in [0.25, 0.3) is 0 Å². The fourth-order valence-electron chi connectivity index (χ4n) is 3.09. The number of hydrogen-bond acceptors (Lipinski definition) is 4. The van der Waals surface area contributed by atoms with Crippen LogP contribution >= 0.6 is 11.6 Å². The molecule has 0 bridgehead atoms. The molecule has 1 saturated heterocycles. The summed E-state index contributed by atoms with van der Waals surface area (Å²) in [4.78, 5) is 15.0. The quantitative estimate of drug-likeness (QED) is 0.847. The molecule has 1 amide bonds. The third kappa shape index (κ3) is 4.77. The van der Waals surface area contributed by atoms with E-state index in [1.807, 2.05) is 0 Å². The molecule has 1 heterocycles. The highest BCUT2D eigenvalue weighted by atomic mass is 35.5. The van der Waals surface area contributed by atoms with Crippen molar-refractivity contribution in [2.24, 2.45) is 11.8 Å². The van der Waals surface area contributed by atoms with Gasteiger partial charge in [0.05, 0.1) is 24.9 Å². The van der Waals surface area contributed by atoms with Gasteiger partial charge in [-0.25, -0.2) is 0 Å². The Hall–Kier alpha value is -1.46. The number of hydrogen-bond donors (Lipinski definition) is 1. The molecule has 0 atom stereocenters. The molecule has 2 rings (SSSR count). The normalized spacial score (nSPS) is 16.2. The molecule has 0 unspecified atom stereocenters. The molecule has 0 aliphatic carbocycles. The fraction of sp³-hybridized carbons (Fsp3) is 0.611. The minimum atomic E-state index is 0.0266. The number of amides is 1. The molecule has 1 aromatic rings. The van der Waals surface area contributed by atoms with Gasteiger partial charge in [-0.05, 0) is 37.9 Å². The summed E-state index contributed by atoms with van der Waals surface area (Å²) in [5.41, 5.74) is 0.581. The lowest BCUT2D eigenvalue weighted by Crippen LogP contribution is -2.39. The lowest BCUT2D eigenvalue weighted by Gasteiger charge is -2.32. The molecule has 24 heavy (non-hydrogen) atoms. The molecule has 0 spiro atoms. The van der Waals surface area contributed by atoms with Crippen molar-refractivity contribution in [2.45, 2.75) is 26.7 Å². The van der Waals surface area contributed by atoms with E-state index in [1.165, 1.54) is 0 Å². The number of rotatable bonds is 6. The highest BCUT2D eigenvalue weighted by molar-refractivity contribution is 6.32. The molecule has 0 aromatic heterocycles. The maximum absolute atomic E-state index is 12.6. The van der Waals surface area contributed by atoms with Crippen molar-refractivity contribution in [3.05, 3.63) is 17.2 Å². The van der Waals surface area contributed by atoms with Crippen LogP contribution in [0.15, 0.2) is 12.1 Å². The van der Waals surface area contributed by atoms with Crippen molar-refractivity contribution < 1.29 is 14.3 Å². The first kappa shape index (κ1) is 18.9. The van der Waals surface area contributed by atoms with Crippen LogP contribution in [0.25, 0.3) is 0 Å². The zero-order chi connectivity index (χ0) is 17.7. The van der Waals surface area contributed by atoms with Crippen LogP contribution in [0.1, 0.15) is 26.7 Å². The molecule has 1 aliphatic heterocycles. The van der Waals surface area contributed by atoms with E-state index >= 15 is 0 Å². The van der Waals surface area contributed by atoms with Crippen molar-refractivity contribution in [3.8, 4) is 11.5 Å². The third-order valence-electron chi connectivity index (χ3n) is 4.31. The predicted molar refractivity (Wildman–Crippen MR) is 97.2 cm³/mol. The Morgan fingerprint density at radius 3 is 2.42 bits per heavy atom. The number of likely N-dealkylation sites (tertiary alicyclic amines) is 1. The number of methoxy groups -OCH3 is 2. The van der Waals surface area contributed by atoms with Crippen molar-refractivity contribution in [2.75, 3.05) is 39.2 Å². The van der Waals surface area contributed by atoms with Crippen molar-refractivity contribution in [1.82, 2.24) is 4.90 Å². The Morgan fingerprint density at radius 1 is 1.25 bits per heavy atom. The van der Waals surface area contributed by atoms with Gasteiger partial charge in [0.2, 0.25) is 5.91 Å². The van der Waals surface area contributed by atoms with Gasteiger partial charge in [-0.15, -0.1) is 0 Å². The Labute approximate surface area is 149 Å². The second-order valence-electron chi connectivity index (χ2n) is 6.65. The first-order valence-corrected chi connectivity index (χ1v) is 8.77. The second-order valence-corrected chi connectivity index (χ2v) is 7.05.